The first-order valence-corrected chi connectivity index (χ1v) is 7.75. The lowest BCUT2D eigenvalue weighted by molar-refractivity contribution is 0.588. The summed E-state index contributed by atoms with van der Waals surface area (Å²) in [6.07, 6.45) is 1.62. The van der Waals surface area contributed by atoms with Crippen molar-refractivity contribution in [1.82, 2.24) is 9.71 Å². The molecule has 0 aliphatic carbocycles. The number of aromatic nitrogens is 1. The molecule has 2 N–H and O–H groups in total. The molecule has 20 heavy (non-hydrogen) atoms. The molecular formula is C13H14ClN3O2S. The van der Waals surface area contributed by atoms with E-state index in [1.807, 2.05) is 6.07 Å². The maximum atomic E-state index is 11.6. The summed E-state index contributed by atoms with van der Waals surface area (Å²) >= 11 is 5.79. The molecule has 0 spiro atoms. The van der Waals surface area contributed by atoms with Crippen molar-refractivity contribution in [1.29, 1.82) is 0 Å². The van der Waals surface area contributed by atoms with Crippen LogP contribution in [0.5, 0.6) is 0 Å². The van der Waals surface area contributed by atoms with Gasteiger partial charge in [-0.05, 0) is 36.9 Å². The van der Waals surface area contributed by atoms with Crippen molar-refractivity contribution in [2.45, 2.75) is 11.4 Å². The fraction of sp³-hybridized carbons (Fsp3) is 0.154. The van der Waals surface area contributed by atoms with Gasteiger partial charge in [-0.2, -0.15) is 0 Å². The maximum absolute atomic E-state index is 11.6. The Kier molecular flexibility index (Phi) is 4.59. The molecule has 0 aliphatic heterocycles. The lowest BCUT2D eigenvalue weighted by Crippen LogP contribution is -2.18. The third-order valence-electron chi connectivity index (χ3n) is 2.73. The van der Waals surface area contributed by atoms with Crippen LogP contribution in [0.1, 0.15) is 5.56 Å². The predicted octanol–water partition coefficient (Wildman–Crippen LogP) is 2.26. The number of pyridine rings is 1. The SMILES string of the molecule is CNS(=O)(=O)c1ccc(CNc2ccnc(Cl)c2)cc1. The summed E-state index contributed by atoms with van der Waals surface area (Å²) in [5.74, 6) is 0. The normalized spacial score (nSPS) is 11.3. The number of halogens is 1. The van der Waals surface area contributed by atoms with E-state index in [4.69, 9.17) is 11.6 Å². The first-order valence-electron chi connectivity index (χ1n) is 5.89. The zero-order valence-corrected chi connectivity index (χ0v) is 12.4. The molecule has 0 radical (unpaired) electrons. The van der Waals surface area contributed by atoms with Gasteiger partial charge in [0.25, 0.3) is 0 Å². The van der Waals surface area contributed by atoms with Crippen molar-refractivity contribution in [3.63, 3.8) is 0 Å². The van der Waals surface area contributed by atoms with Gasteiger partial charge in [-0.1, -0.05) is 23.7 Å². The molecule has 2 rings (SSSR count). The van der Waals surface area contributed by atoms with Gasteiger partial charge in [0.2, 0.25) is 10.0 Å². The third-order valence-corrected chi connectivity index (χ3v) is 4.36. The Hall–Kier alpha value is -1.63. The van der Waals surface area contributed by atoms with E-state index < -0.39 is 10.0 Å². The fourth-order valence-electron chi connectivity index (χ4n) is 1.62. The van der Waals surface area contributed by atoms with Crippen LogP contribution in [0.25, 0.3) is 0 Å². The number of hydrogen-bond acceptors (Lipinski definition) is 4. The van der Waals surface area contributed by atoms with Gasteiger partial charge >= 0.3 is 0 Å². The van der Waals surface area contributed by atoms with E-state index in [9.17, 15) is 8.42 Å². The molecule has 0 aliphatic rings. The highest BCUT2D eigenvalue weighted by Gasteiger charge is 2.10. The van der Waals surface area contributed by atoms with E-state index in [0.29, 0.717) is 11.7 Å². The van der Waals surface area contributed by atoms with Crippen LogP contribution in [0.15, 0.2) is 47.5 Å². The van der Waals surface area contributed by atoms with Gasteiger partial charge in [-0.15, -0.1) is 0 Å². The summed E-state index contributed by atoms with van der Waals surface area (Å²) in [4.78, 5) is 4.14. The van der Waals surface area contributed by atoms with Crippen molar-refractivity contribution in [3.8, 4) is 0 Å². The second-order valence-electron chi connectivity index (χ2n) is 4.07. The van der Waals surface area contributed by atoms with Gasteiger partial charge in [-0.3, -0.25) is 0 Å². The largest absolute Gasteiger partial charge is 0.381 e. The van der Waals surface area contributed by atoms with Crippen LogP contribution in [-0.4, -0.2) is 20.4 Å². The molecule has 106 valence electrons. The number of sulfonamides is 1. The average Bonchev–Trinajstić information content (AvgIpc) is 2.46. The summed E-state index contributed by atoms with van der Waals surface area (Å²) in [5, 5.41) is 3.61. The summed E-state index contributed by atoms with van der Waals surface area (Å²) in [6, 6.07) is 10.2. The van der Waals surface area contributed by atoms with Crippen molar-refractivity contribution in [2.24, 2.45) is 0 Å². The highest BCUT2D eigenvalue weighted by Crippen LogP contribution is 2.14. The Balaban J connectivity index is 2.05. The van der Waals surface area contributed by atoms with E-state index in [2.05, 4.69) is 15.0 Å². The number of rotatable bonds is 5. The lowest BCUT2D eigenvalue weighted by Gasteiger charge is -2.07. The average molecular weight is 312 g/mol. The topological polar surface area (TPSA) is 71.1 Å². The number of nitrogens with zero attached hydrogens (tertiary/aromatic N) is 1. The van der Waals surface area contributed by atoms with Crippen molar-refractivity contribution in [3.05, 3.63) is 53.3 Å². The Bertz CT molecular complexity index is 687. The minimum absolute atomic E-state index is 0.246. The zero-order valence-electron chi connectivity index (χ0n) is 10.8. The Morgan fingerprint density at radius 3 is 2.50 bits per heavy atom. The number of hydrogen-bond donors (Lipinski definition) is 2. The fourth-order valence-corrected chi connectivity index (χ4v) is 2.52. The van der Waals surface area contributed by atoms with Gasteiger partial charge in [0.15, 0.2) is 0 Å². The molecular weight excluding hydrogens is 298 g/mol. The molecule has 0 amide bonds. The van der Waals surface area contributed by atoms with Crippen molar-refractivity contribution < 1.29 is 8.42 Å². The predicted molar refractivity (Wildman–Crippen MR) is 79.3 cm³/mol. The van der Waals surface area contributed by atoms with Gasteiger partial charge in [0.1, 0.15) is 5.15 Å². The van der Waals surface area contributed by atoms with E-state index in [-0.39, 0.29) is 4.90 Å². The number of benzene rings is 1. The van der Waals surface area contributed by atoms with Gasteiger partial charge in [-0.25, -0.2) is 18.1 Å². The van der Waals surface area contributed by atoms with Crippen LogP contribution >= 0.6 is 11.6 Å². The van der Waals surface area contributed by atoms with Crippen LogP contribution in [-0.2, 0) is 16.6 Å². The third kappa shape index (κ3) is 3.69. The Labute approximate surface area is 123 Å². The molecule has 0 fully saturated rings. The van der Waals surface area contributed by atoms with E-state index in [0.717, 1.165) is 11.3 Å². The quantitative estimate of drug-likeness (QED) is 0.831. The minimum Gasteiger partial charge on any atom is -0.381 e. The second-order valence-corrected chi connectivity index (χ2v) is 6.35. The first kappa shape index (κ1) is 14.8. The Morgan fingerprint density at radius 1 is 1.20 bits per heavy atom. The van der Waals surface area contributed by atoms with E-state index in [1.54, 1.807) is 36.5 Å². The van der Waals surface area contributed by atoms with Gasteiger partial charge < -0.3 is 5.32 Å². The summed E-state index contributed by atoms with van der Waals surface area (Å²) < 4.78 is 25.4. The smallest absolute Gasteiger partial charge is 0.240 e. The molecule has 0 bridgehead atoms. The molecule has 0 saturated carbocycles. The monoisotopic (exact) mass is 311 g/mol. The van der Waals surface area contributed by atoms with Gasteiger partial charge in [0, 0.05) is 18.4 Å². The van der Waals surface area contributed by atoms with Crippen LogP contribution in [0, 0.1) is 0 Å². The minimum atomic E-state index is -3.38. The van der Waals surface area contributed by atoms with Crippen LogP contribution in [0.2, 0.25) is 5.15 Å². The highest BCUT2D eigenvalue weighted by molar-refractivity contribution is 7.89. The van der Waals surface area contributed by atoms with Crippen LogP contribution in [0.3, 0.4) is 0 Å². The standard InChI is InChI=1S/C13H14ClN3O2S/c1-15-20(18,19)12-4-2-10(3-5-12)9-17-11-6-7-16-13(14)8-11/h2-8,15H,9H2,1H3,(H,16,17). The summed E-state index contributed by atoms with van der Waals surface area (Å²) in [5.41, 5.74) is 1.82. The molecule has 0 unspecified atom stereocenters. The lowest BCUT2D eigenvalue weighted by atomic mass is 10.2. The molecule has 2 aromatic rings. The molecule has 5 nitrogen and oxygen atoms in total. The second kappa shape index (κ2) is 6.21. The molecule has 1 aromatic carbocycles. The Morgan fingerprint density at radius 2 is 1.90 bits per heavy atom. The van der Waals surface area contributed by atoms with E-state index >= 15 is 0 Å². The molecule has 1 heterocycles. The maximum Gasteiger partial charge on any atom is 0.240 e. The number of anilines is 1. The first-order chi connectivity index (χ1) is 9.51. The van der Waals surface area contributed by atoms with E-state index in [1.165, 1.54) is 7.05 Å². The van der Waals surface area contributed by atoms with Crippen LogP contribution in [0.4, 0.5) is 5.69 Å². The molecule has 0 atom stereocenters. The van der Waals surface area contributed by atoms with Crippen LogP contribution < -0.4 is 10.0 Å². The highest BCUT2D eigenvalue weighted by atomic mass is 35.5. The number of nitrogens with one attached hydrogen (secondary N) is 2. The van der Waals surface area contributed by atoms with Crippen molar-refractivity contribution >= 4 is 27.3 Å². The van der Waals surface area contributed by atoms with Crippen molar-refractivity contribution in [2.75, 3.05) is 12.4 Å². The molecule has 1 aromatic heterocycles. The molecule has 7 heteroatoms. The summed E-state index contributed by atoms with van der Waals surface area (Å²) in [7, 11) is -2.00. The zero-order chi connectivity index (χ0) is 14.6. The molecule has 0 saturated heterocycles. The summed E-state index contributed by atoms with van der Waals surface area (Å²) in [6.45, 7) is 0.570. The van der Waals surface area contributed by atoms with Gasteiger partial charge in [0.05, 0.1) is 4.90 Å².